The molecular weight excluding hydrogens is 277 g/mol. The summed E-state index contributed by atoms with van der Waals surface area (Å²) in [6.07, 6.45) is 0.675. The molecule has 0 N–H and O–H groups in total. The summed E-state index contributed by atoms with van der Waals surface area (Å²) in [5.41, 5.74) is 2.83. The lowest BCUT2D eigenvalue weighted by Gasteiger charge is -2.41. The first kappa shape index (κ1) is 13.5. The Morgan fingerprint density at radius 2 is 1.95 bits per heavy atom. The van der Waals surface area contributed by atoms with Crippen LogP contribution in [0.5, 0.6) is 0 Å². The predicted molar refractivity (Wildman–Crippen MR) is 85.0 cm³/mol. The van der Waals surface area contributed by atoms with E-state index in [4.69, 9.17) is 4.74 Å². The van der Waals surface area contributed by atoms with Gasteiger partial charge in [-0.15, -0.1) is 0 Å². The molecule has 22 heavy (non-hydrogen) atoms. The van der Waals surface area contributed by atoms with Crippen LogP contribution >= 0.6 is 0 Å². The third-order valence-corrected chi connectivity index (χ3v) is 4.69. The van der Waals surface area contributed by atoms with E-state index in [1.165, 1.54) is 5.56 Å². The highest BCUT2D eigenvalue weighted by Crippen LogP contribution is 2.46. The number of hydrogen-bond donors (Lipinski definition) is 0. The molecule has 0 aromatic heterocycles. The summed E-state index contributed by atoms with van der Waals surface area (Å²) in [6, 6.07) is 15.9. The van der Waals surface area contributed by atoms with Gasteiger partial charge in [0.05, 0.1) is 6.54 Å². The zero-order chi connectivity index (χ0) is 15.2. The molecule has 0 fully saturated rings. The van der Waals surface area contributed by atoms with Gasteiger partial charge in [0.1, 0.15) is 0 Å². The van der Waals surface area contributed by atoms with E-state index in [0.29, 0.717) is 12.3 Å². The molecule has 4 rings (SSSR count). The van der Waals surface area contributed by atoms with Gasteiger partial charge < -0.3 is 4.74 Å². The van der Waals surface area contributed by atoms with Gasteiger partial charge in [0, 0.05) is 11.1 Å². The van der Waals surface area contributed by atoms with Gasteiger partial charge in [0.25, 0.3) is 0 Å². The molecule has 0 spiro atoms. The summed E-state index contributed by atoms with van der Waals surface area (Å²) in [5.74, 6) is 0.551. The fraction of sp³-hybridized carbons (Fsp3) is 0.316. The summed E-state index contributed by atoms with van der Waals surface area (Å²) in [6.45, 7) is 2.21. The van der Waals surface area contributed by atoms with E-state index in [0.717, 1.165) is 23.1 Å². The van der Waals surface area contributed by atoms with Crippen molar-refractivity contribution in [3.8, 4) is 0 Å². The lowest BCUT2D eigenvalue weighted by atomic mass is 9.77. The van der Waals surface area contributed by atoms with Gasteiger partial charge in [-0.1, -0.05) is 36.4 Å². The number of hydrogen-bond acceptors (Lipinski definition) is 2. The van der Waals surface area contributed by atoms with E-state index in [1.807, 2.05) is 49.4 Å². The van der Waals surface area contributed by atoms with E-state index in [9.17, 15) is 0 Å². The molecule has 2 nitrogen and oxygen atoms in total. The van der Waals surface area contributed by atoms with Crippen LogP contribution < -0.4 is 0 Å². The Balaban J connectivity index is 1.78. The maximum Gasteiger partial charge on any atom is 0.216 e. The fourth-order valence-corrected chi connectivity index (χ4v) is 3.49. The Hall–Kier alpha value is -2.16. The van der Waals surface area contributed by atoms with Crippen molar-refractivity contribution in [3.05, 3.63) is 70.8 Å². The van der Waals surface area contributed by atoms with Crippen LogP contribution in [0.25, 0.3) is 0 Å². The molecule has 2 aromatic rings. The van der Waals surface area contributed by atoms with Crippen LogP contribution in [0.15, 0.2) is 53.5 Å². The molecule has 3 heteroatoms. The van der Waals surface area contributed by atoms with Crippen molar-refractivity contribution in [3.63, 3.8) is 0 Å². The number of aryl methyl sites for hydroxylation is 2. The standard InChI is InChI=1S/C19H18FNO/c1-13-6-5-9-14-10-11-19(20)12-21-18(22-17(19)16(13)14)15-7-3-2-4-8-15/h2-9,17H,10-12H2,1H3/t17-,19+/m1/s1. The quantitative estimate of drug-likeness (QED) is 0.774. The summed E-state index contributed by atoms with van der Waals surface area (Å²) < 4.78 is 21.4. The van der Waals surface area contributed by atoms with Crippen LogP contribution in [0.4, 0.5) is 4.39 Å². The van der Waals surface area contributed by atoms with Gasteiger partial charge >= 0.3 is 0 Å². The molecule has 1 aliphatic carbocycles. The number of rotatable bonds is 1. The molecule has 112 valence electrons. The molecular formula is C19H18FNO. The minimum Gasteiger partial charge on any atom is -0.466 e. The largest absolute Gasteiger partial charge is 0.466 e. The molecule has 2 aromatic carbocycles. The van der Waals surface area contributed by atoms with Gasteiger partial charge in [-0.25, -0.2) is 9.38 Å². The average Bonchev–Trinajstić information content (AvgIpc) is 2.55. The van der Waals surface area contributed by atoms with Gasteiger partial charge in [-0.3, -0.25) is 0 Å². The minimum atomic E-state index is -1.39. The number of ether oxygens (including phenoxy) is 1. The Morgan fingerprint density at radius 1 is 1.14 bits per heavy atom. The van der Waals surface area contributed by atoms with Crippen molar-refractivity contribution < 1.29 is 9.13 Å². The second-order valence-electron chi connectivity index (χ2n) is 6.17. The SMILES string of the molecule is Cc1cccc2c1[C@H]1OC(c3ccccc3)=NC[C@@]1(F)CC2. The first-order valence-electron chi connectivity index (χ1n) is 7.71. The van der Waals surface area contributed by atoms with Gasteiger partial charge in [-0.2, -0.15) is 0 Å². The molecule has 0 amide bonds. The van der Waals surface area contributed by atoms with Crippen molar-refractivity contribution >= 4 is 5.90 Å². The zero-order valence-electron chi connectivity index (χ0n) is 12.6. The molecule has 1 heterocycles. The lowest BCUT2D eigenvalue weighted by Crippen LogP contribution is -2.45. The van der Waals surface area contributed by atoms with Gasteiger partial charge in [0.2, 0.25) is 5.90 Å². The highest BCUT2D eigenvalue weighted by Gasteiger charge is 2.49. The predicted octanol–water partition coefficient (Wildman–Crippen LogP) is 4.17. The van der Waals surface area contributed by atoms with Crippen LogP contribution in [0, 0.1) is 6.92 Å². The van der Waals surface area contributed by atoms with E-state index in [2.05, 4.69) is 11.1 Å². The Kier molecular flexibility index (Phi) is 3.03. The smallest absolute Gasteiger partial charge is 0.216 e. The van der Waals surface area contributed by atoms with Crippen molar-refractivity contribution in [1.29, 1.82) is 0 Å². The highest BCUT2D eigenvalue weighted by atomic mass is 19.1. The van der Waals surface area contributed by atoms with Crippen molar-refractivity contribution in [2.24, 2.45) is 4.99 Å². The molecule has 0 unspecified atom stereocenters. The molecule has 2 aliphatic rings. The Labute approximate surface area is 129 Å². The van der Waals surface area contributed by atoms with E-state index >= 15 is 4.39 Å². The van der Waals surface area contributed by atoms with E-state index < -0.39 is 11.8 Å². The second-order valence-corrected chi connectivity index (χ2v) is 6.17. The van der Waals surface area contributed by atoms with Gasteiger partial charge in [-0.05, 0) is 43.0 Å². The average molecular weight is 295 g/mol. The van der Waals surface area contributed by atoms with Crippen molar-refractivity contribution in [2.75, 3.05) is 6.54 Å². The molecule has 0 saturated carbocycles. The van der Waals surface area contributed by atoms with E-state index in [-0.39, 0.29) is 6.54 Å². The highest BCUT2D eigenvalue weighted by molar-refractivity contribution is 5.94. The number of fused-ring (bicyclic) bond motifs is 3. The van der Waals surface area contributed by atoms with Crippen LogP contribution in [-0.2, 0) is 11.2 Å². The first-order valence-corrected chi connectivity index (χ1v) is 7.71. The third-order valence-electron chi connectivity index (χ3n) is 4.69. The molecule has 0 radical (unpaired) electrons. The summed E-state index contributed by atoms with van der Waals surface area (Å²) in [4.78, 5) is 4.38. The number of halogens is 1. The van der Waals surface area contributed by atoms with Crippen LogP contribution in [0.1, 0.15) is 34.8 Å². The maximum absolute atomic E-state index is 15.3. The van der Waals surface area contributed by atoms with Crippen LogP contribution in [-0.4, -0.2) is 18.1 Å². The Bertz CT molecular complexity index is 740. The molecule has 0 saturated heterocycles. The topological polar surface area (TPSA) is 21.6 Å². The Morgan fingerprint density at radius 3 is 2.77 bits per heavy atom. The van der Waals surface area contributed by atoms with Crippen molar-refractivity contribution in [2.45, 2.75) is 31.5 Å². The van der Waals surface area contributed by atoms with Crippen LogP contribution in [0.2, 0.25) is 0 Å². The summed E-state index contributed by atoms with van der Waals surface area (Å²) >= 11 is 0. The zero-order valence-corrected chi connectivity index (χ0v) is 12.6. The normalized spacial score (nSPS) is 26.5. The van der Waals surface area contributed by atoms with Gasteiger partial charge in [0.15, 0.2) is 11.8 Å². The third kappa shape index (κ3) is 2.04. The van der Waals surface area contributed by atoms with Crippen LogP contribution in [0.3, 0.4) is 0 Å². The number of nitrogens with zero attached hydrogens (tertiary/aromatic N) is 1. The number of alkyl halides is 1. The maximum atomic E-state index is 15.3. The van der Waals surface area contributed by atoms with E-state index in [1.54, 1.807) is 0 Å². The number of aliphatic imine (C=N–C) groups is 1. The molecule has 2 atom stereocenters. The second kappa shape index (κ2) is 4.94. The first-order chi connectivity index (χ1) is 10.7. The monoisotopic (exact) mass is 295 g/mol. The number of benzene rings is 2. The lowest BCUT2D eigenvalue weighted by molar-refractivity contribution is -0.0213. The summed E-state index contributed by atoms with van der Waals surface area (Å²) in [5, 5.41) is 0. The van der Waals surface area contributed by atoms with Crippen molar-refractivity contribution in [1.82, 2.24) is 0 Å². The fourth-order valence-electron chi connectivity index (χ4n) is 3.49. The minimum absolute atomic E-state index is 0.176. The molecule has 1 aliphatic heterocycles. The molecule has 0 bridgehead atoms. The summed E-state index contributed by atoms with van der Waals surface area (Å²) in [7, 11) is 0.